The van der Waals surface area contributed by atoms with Crippen molar-refractivity contribution >= 4 is 21.7 Å². The van der Waals surface area contributed by atoms with Gasteiger partial charge in [0.05, 0.1) is 5.33 Å². The molecule has 0 unspecified atom stereocenters. The molecule has 0 saturated heterocycles. The van der Waals surface area contributed by atoms with Crippen molar-refractivity contribution in [2.75, 3.05) is 11.9 Å². The van der Waals surface area contributed by atoms with Gasteiger partial charge in [-0.05, 0) is 5.56 Å². The monoisotopic (exact) mass is 255 g/mol. The van der Waals surface area contributed by atoms with E-state index < -0.39 is 0 Å². The number of benzene rings is 1. The first-order valence-corrected chi connectivity index (χ1v) is 5.77. The zero-order valence-electron chi connectivity index (χ0n) is 8.00. The standard InChI is InChI=1S/C11H14BrNO/c12-8-11(14)6-7-13-9-10-4-2-1-3-5-10/h1-5,13H,6-9H2. The van der Waals surface area contributed by atoms with Crippen LogP contribution in [-0.2, 0) is 11.3 Å². The van der Waals surface area contributed by atoms with E-state index in [1.165, 1.54) is 5.56 Å². The number of nitrogens with one attached hydrogen (secondary N) is 1. The van der Waals surface area contributed by atoms with E-state index in [0.717, 1.165) is 13.1 Å². The third-order valence-corrected chi connectivity index (χ3v) is 2.53. The van der Waals surface area contributed by atoms with Crippen LogP contribution in [0.1, 0.15) is 12.0 Å². The summed E-state index contributed by atoms with van der Waals surface area (Å²) in [6, 6.07) is 10.2. The van der Waals surface area contributed by atoms with Crippen molar-refractivity contribution in [3.05, 3.63) is 35.9 Å². The highest BCUT2D eigenvalue weighted by atomic mass is 79.9. The number of hydrogen-bond donors (Lipinski definition) is 1. The summed E-state index contributed by atoms with van der Waals surface area (Å²) in [4.78, 5) is 10.9. The Morgan fingerprint density at radius 1 is 1.29 bits per heavy atom. The van der Waals surface area contributed by atoms with Crippen LogP contribution in [0.2, 0.25) is 0 Å². The Morgan fingerprint density at radius 2 is 2.00 bits per heavy atom. The van der Waals surface area contributed by atoms with Crippen LogP contribution in [0, 0.1) is 0 Å². The summed E-state index contributed by atoms with van der Waals surface area (Å²) < 4.78 is 0. The van der Waals surface area contributed by atoms with E-state index in [-0.39, 0.29) is 5.78 Å². The third-order valence-electron chi connectivity index (χ3n) is 1.90. The van der Waals surface area contributed by atoms with Crippen LogP contribution < -0.4 is 5.32 Å². The largest absolute Gasteiger partial charge is 0.312 e. The van der Waals surface area contributed by atoms with E-state index in [9.17, 15) is 4.79 Å². The zero-order chi connectivity index (χ0) is 10.2. The molecule has 2 nitrogen and oxygen atoms in total. The minimum atomic E-state index is 0.241. The molecule has 0 spiro atoms. The Morgan fingerprint density at radius 3 is 2.64 bits per heavy atom. The molecule has 1 aromatic rings. The van der Waals surface area contributed by atoms with E-state index >= 15 is 0 Å². The van der Waals surface area contributed by atoms with Crippen LogP contribution in [0.5, 0.6) is 0 Å². The SMILES string of the molecule is O=C(CBr)CCNCc1ccccc1. The Kier molecular flexibility index (Phi) is 5.49. The highest BCUT2D eigenvalue weighted by molar-refractivity contribution is 9.09. The van der Waals surface area contributed by atoms with Crippen LogP contribution in [-0.4, -0.2) is 17.7 Å². The Labute approximate surface area is 92.8 Å². The molecule has 0 atom stereocenters. The number of rotatable bonds is 6. The summed E-state index contributed by atoms with van der Waals surface area (Å²) in [6.07, 6.45) is 0.595. The van der Waals surface area contributed by atoms with Crippen molar-refractivity contribution in [1.82, 2.24) is 5.32 Å². The molecule has 3 heteroatoms. The second kappa shape index (κ2) is 6.74. The van der Waals surface area contributed by atoms with Crippen LogP contribution in [0.15, 0.2) is 30.3 Å². The second-order valence-electron chi connectivity index (χ2n) is 3.08. The number of ketones is 1. The fourth-order valence-corrected chi connectivity index (χ4v) is 1.40. The van der Waals surface area contributed by atoms with Gasteiger partial charge in [-0.3, -0.25) is 4.79 Å². The van der Waals surface area contributed by atoms with Crippen molar-refractivity contribution in [2.24, 2.45) is 0 Å². The fraction of sp³-hybridized carbons (Fsp3) is 0.364. The highest BCUT2D eigenvalue weighted by Crippen LogP contribution is 1.97. The number of carbonyl (C=O) groups excluding carboxylic acids is 1. The van der Waals surface area contributed by atoms with Gasteiger partial charge >= 0.3 is 0 Å². The van der Waals surface area contributed by atoms with Gasteiger partial charge in [-0.25, -0.2) is 0 Å². The molecule has 0 heterocycles. The third kappa shape index (κ3) is 4.53. The molecule has 0 aliphatic rings. The number of Topliss-reactive ketones (excluding diaryl/α,β-unsaturated/α-hetero) is 1. The molecule has 1 rings (SSSR count). The van der Waals surface area contributed by atoms with Gasteiger partial charge in [-0.1, -0.05) is 46.3 Å². The zero-order valence-corrected chi connectivity index (χ0v) is 9.59. The first-order chi connectivity index (χ1) is 6.83. The average molecular weight is 256 g/mol. The van der Waals surface area contributed by atoms with Gasteiger partial charge in [0.25, 0.3) is 0 Å². The maximum atomic E-state index is 10.9. The van der Waals surface area contributed by atoms with E-state index in [1.54, 1.807) is 0 Å². The first-order valence-electron chi connectivity index (χ1n) is 4.65. The molecule has 0 aliphatic heterocycles. The molecule has 0 bridgehead atoms. The van der Waals surface area contributed by atoms with Gasteiger partial charge in [0, 0.05) is 19.5 Å². The van der Waals surface area contributed by atoms with Gasteiger partial charge in [-0.15, -0.1) is 0 Å². The quantitative estimate of drug-likeness (QED) is 0.624. The van der Waals surface area contributed by atoms with E-state index in [0.29, 0.717) is 11.8 Å². The van der Waals surface area contributed by atoms with Crippen LogP contribution in [0.4, 0.5) is 0 Å². The minimum Gasteiger partial charge on any atom is -0.312 e. The predicted molar refractivity (Wildman–Crippen MR) is 61.6 cm³/mol. The molecule has 76 valence electrons. The molecular weight excluding hydrogens is 242 g/mol. The van der Waals surface area contributed by atoms with Gasteiger partial charge in [0.1, 0.15) is 5.78 Å². The van der Waals surface area contributed by atoms with E-state index in [4.69, 9.17) is 0 Å². The second-order valence-corrected chi connectivity index (χ2v) is 3.65. The lowest BCUT2D eigenvalue weighted by atomic mass is 10.2. The van der Waals surface area contributed by atoms with Gasteiger partial charge in [-0.2, -0.15) is 0 Å². The smallest absolute Gasteiger partial charge is 0.144 e. The lowest BCUT2D eigenvalue weighted by molar-refractivity contribution is -0.116. The molecule has 14 heavy (non-hydrogen) atoms. The summed E-state index contributed by atoms with van der Waals surface area (Å²) in [5.74, 6) is 0.241. The van der Waals surface area contributed by atoms with Gasteiger partial charge < -0.3 is 5.32 Å². The average Bonchev–Trinajstić information content (AvgIpc) is 2.25. The summed E-state index contributed by atoms with van der Waals surface area (Å²) >= 11 is 3.13. The lowest BCUT2D eigenvalue weighted by Gasteiger charge is -2.03. The molecule has 0 amide bonds. The van der Waals surface area contributed by atoms with Gasteiger partial charge in [0.2, 0.25) is 0 Å². The molecule has 0 saturated carbocycles. The van der Waals surface area contributed by atoms with Crippen molar-refractivity contribution < 1.29 is 4.79 Å². The Hall–Kier alpha value is -0.670. The molecular formula is C11H14BrNO. The number of alkyl halides is 1. The van der Waals surface area contributed by atoms with Gasteiger partial charge in [0.15, 0.2) is 0 Å². The summed E-state index contributed by atoms with van der Waals surface area (Å²) in [7, 11) is 0. The summed E-state index contributed by atoms with van der Waals surface area (Å²) in [5, 5.41) is 3.68. The first kappa shape index (κ1) is 11.4. The molecule has 0 radical (unpaired) electrons. The number of carbonyl (C=O) groups is 1. The Bertz CT molecular complexity index is 274. The van der Waals surface area contributed by atoms with Crippen LogP contribution in [0.25, 0.3) is 0 Å². The van der Waals surface area contributed by atoms with Crippen molar-refractivity contribution in [3.63, 3.8) is 0 Å². The normalized spacial score (nSPS) is 10.1. The molecule has 0 aliphatic carbocycles. The van der Waals surface area contributed by atoms with Crippen molar-refractivity contribution in [3.8, 4) is 0 Å². The summed E-state index contributed by atoms with van der Waals surface area (Å²) in [5.41, 5.74) is 1.25. The maximum absolute atomic E-state index is 10.9. The van der Waals surface area contributed by atoms with Crippen molar-refractivity contribution in [2.45, 2.75) is 13.0 Å². The number of hydrogen-bond acceptors (Lipinski definition) is 2. The van der Waals surface area contributed by atoms with Crippen molar-refractivity contribution in [1.29, 1.82) is 0 Å². The molecule has 1 N–H and O–H groups in total. The molecule has 0 fully saturated rings. The maximum Gasteiger partial charge on any atom is 0.144 e. The van der Waals surface area contributed by atoms with Crippen LogP contribution >= 0.6 is 15.9 Å². The topological polar surface area (TPSA) is 29.1 Å². The minimum absolute atomic E-state index is 0.241. The van der Waals surface area contributed by atoms with Crippen LogP contribution in [0.3, 0.4) is 0 Å². The lowest BCUT2D eigenvalue weighted by Crippen LogP contribution is -2.18. The van der Waals surface area contributed by atoms with E-state index in [1.807, 2.05) is 18.2 Å². The Balaban J connectivity index is 2.13. The molecule has 1 aromatic carbocycles. The summed E-state index contributed by atoms with van der Waals surface area (Å²) in [6.45, 7) is 1.58. The highest BCUT2D eigenvalue weighted by Gasteiger charge is 1.97. The number of halogens is 1. The predicted octanol–water partition coefficient (Wildman–Crippen LogP) is 2.13. The van der Waals surface area contributed by atoms with E-state index in [2.05, 4.69) is 33.4 Å². The molecule has 0 aromatic heterocycles. The fourth-order valence-electron chi connectivity index (χ4n) is 1.12.